The second-order valence-electron chi connectivity index (χ2n) is 8.52. The summed E-state index contributed by atoms with van der Waals surface area (Å²) < 4.78 is 18.4. The Morgan fingerprint density at radius 2 is 1.83 bits per heavy atom. The zero-order chi connectivity index (χ0) is 24.5. The number of nitrogens with one attached hydrogen (secondary N) is 1. The van der Waals surface area contributed by atoms with E-state index < -0.39 is 5.97 Å². The molecule has 0 spiro atoms. The van der Waals surface area contributed by atoms with Crippen molar-refractivity contribution in [3.8, 4) is 28.5 Å². The van der Waals surface area contributed by atoms with E-state index in [1.54, 1.807) is 24.3 Å². The number of imidazole rings is 1. The Kier molecular flexibility index (Phi) is 5.50. The number of fused-ring (bicyclic) bond motifs is 2. The number of hydrogen-bond donors (Lipinski definition) is 1. The van der Waals surface area contributed by atoms with E-state index in [-0.39, 0.29) is 6.79 Å². The first-order chi connectivity index (χ1) is 17.7. The molecule has 7 heteroatoms. The summed E-state index contributed by atoms with van der Waals surface area (Å²) in [6.07, 6.45) is 2.00. The molecule has 0 unspecified atom stereocenters. The number of esters is 1. The van der Waals surface area contributed by atoms with E-state index in [1.165, 1.54) is 0 Å². The monoisotopic (exact) mass is 477 g/mol. The van der Waals surface area contributed by atoms with E-state index in [2.05, 4.69) is 21.9 Å². The number of carbonyl (C=O) groups is 1. The van der Waals surface area contributed by atoms with Crippen LogP contribution in [0.5, 0.6) is 17.2 Å². The molecule has 0 amide bonds. The van der Waals surface area contributed by atoms with Gasteiger partial charge in [0.1, 0.15) is 22.9 Å². The number of ether oxygens (including phenoxy) is 3. The van der Waals surface area contributed by atoms with Crippen LogP contribution in [0.15, 0.2) is 91.1 Å². The van der Waals surface area contributed by atoms with E-state index in [9.17, 15) is 4.79 Å². The summed E-state index contributed by atoms with van der Waals surface area (Å²) in [6.45, 7) is 2.83. The van der Waals surface area contributed by atoms with Gasteiger partial charge in [-0.25, -0.2) is 9.78 Å². The maximum Gasteiger partial charge on any atom is 0.343 e. The minimum absolute atomic E-state index is 0.148. The molecule has 3 aromatic carbocycles. The van der Waals surface area contributed by atoms with Crippen LogP contribution >= 0.6 is 0 Å². The first kappa shape index (κ1) is 21.7. The summed E-state index contributed by atoms with van der Waals surface area (Å²) >= 11 is 0. The minimum Gasteiger partial charge on any atom is -0.454 e. The van der Waals surface area contributed by atoms with Gasteiger partial charge in [-0.05, 0) is 54.4 Å². The van der Waals surface area contributed by atoms with Gasteiger partial charge in [-0.15, -0.1) is 0 Å². The molecular weight excluding hydrogens is 454 g/mol. The largest absolute Gasteiger partial charge is 0.454 e. The van der Waals surface area contributed by atoms with Gasteiger partial charge in [0.15, 0.2) is 11.5 Å². The van der Waals surface area contributed by atoms with Gasteiger partial charge in [0.05, 0.1) is 5.56 Å². The third kappa shape index (κ3) is 4.11. The number of rotatable bonds is 6. The van der Waals surface area contributed by atoms with Gasteiger partial charge >= 0.3 is 5.97 Å². The van der Waals surface area contributed by atoms with Crippen molar-refractivity contribution in [2.45, 2.75) is 13.5 Å². The molecule has 0 saturated carbocycles. The number of anilines is 1. The van der Waals surface area contributed by atoms with E-state index in [1.807, 2.05) is 61.7 Å². The molecule has 0 fully saturated rings. The predicted octanol–water partition coefficient (Wildman–Crippen LogP) is 5.87. The maximum atomic E-state index is 12.8. The zero-order valence-electron chi connectivity index (χ0n) is 19.6. The molecule has 36 heavy (non-hydrogen) atoms. The summed E-state index contributed by atoms with van der Waals surface area (Å²) in [6, 6.07) is 26.7. The van der Waals surface area contributed by atoms with Gasteiger partial charge in [0, 0.05) is 18.3 Å². The third-order valence-electron chi connectivity index (χ3n) is 6.07. The zero-order valence-corrected chi connectivity index (χ0v) is 19.6. The molecule has 0 bridgehead atoms. The van der Waals surface area contributed by atoms with Gasteiger partial charge in [0.2, 0.25) is 6.79 Å². The molecule has 1 aliphatic heterocycles. The van der Waals surface area contributed by atoms with E-state index in [0.717, 1.165) is 33.8 Å². The lowest BCUT2D eigenvalue weighted by Crippen LogP contribution is -2.08. The lowest BCUT2D eigenvalue weighted by atomic mass is 10.1. The van der Waals surface area contributed by atoms with Gasteiger partial charge in [-0.2, -0.15) is 0 Å². The Bertz CT molecular complexity index is 1580. The van der Waals surface area contributed by atoms with Gasteiger partial charge in [0.25, 0.3) is 0 Å². The average Bonchev–Trinajstić information content (AvgIpc) is 3.53. The quantitative estimate of drug-likeness (QED) is 0.244. The molecule has 1 aliphatic rings. The van der Waals surface area contributed by atoms with E-state index in [4.69, 9.17) is 19.2 Å². The van der Waals surface area contributed by atoms with E-state index >= 15 is 0 Å². The predicted molar refractivity (Wildman–Crippen MR) is 137 cm³/mol. The van der Waals surface area contributed by atoms with Crippen molar-refractivity contribution in [3.63, 3.8) is 0 Å². The Morgan fingerprint density at radius 3 is 2.72 bits per heavy atom. The summed E-state index contributed by atoms with van der Waals surface area (Å²) in [5.41, 5.74) is 5.10. The molecule has 5 aromatic rings. The number of aromatic nitrogens is 2. The van der Waals surface area contributed by atoms with Gasteiger partial charge < -0.3 is 19.5 Å². The Labute approximate surface area is 207 Å². The van der Waals surface area contributed by atoms with Crippen molar-refractivity contribution in [2.75, 3.05) is 12.1 Å². The summed E-state index contributed by atoms with van der Waals surface area (Å²) in [5.74, 6) is 1.98. The second kappa shape index (κ2) is 9.11. The maximum absolute atomic E-state index is 12.8. The molecule has 2 aromatic heterocycles. The number of aryl methyl sites for hydroxylation is 1. The van der Waals surface area contributed by atoms with Crippen molar-refractivity contribution >= 4 is 17.4 Å². The van der Waals surface area contributed by atoms with Crippen molar-refractivity contribution in [1.29, 1.82) is 0 Å². The standard InChI is InChI=1S/C29H23N3O4/c1-19-7-6-14-32-27(19)31-26(28(32)30-17-20-8-3-2-4-9-20)21-10-5-11-23(15-21)36-29(33)22-12-13-24-25(16-22)35-18-34-24/h2-16,30H,17-18H2,1H3. The smallest absolute Gasteiger partial charge is 0.343 e. The fourth-order valence-electron chi connectivity index (χ4n) is 4.25. The topological polar surface area (TPSA) is 74.1 Å². The highest BCUT2D eigenvalue weighted by Gasteiger charge is 2.19. The summed E-state index contributed by atoms with van der Waals surface area (Å²) in [7, 11) is 0. The SMILES string of the molecule is Cc1cccn2c(NCc3ccccc3)c(-c3cccc(OC(=O)c4ccc5c(c4)OCO5)c3)nc12. The van der Waals surface area contributed by atoms with Crippen LogP contribution < -0.4 is 19.5 Å². The molecular formula is C29H23N3O4. The van der Waals surface area contributed by atoms with Gasteiger partial charge in [-0.3, -0.25) is 4.40 Å². The summed E-state index contributed by atoms with van der Waals surface area (Å²) in [4.78, 5) is 17.8. The molecule has 0 aliphatic carbocycles. The van der Waals surface area contributed by atoms with Crippen LogP contribution in [-0.4, -0.2) is 22.1 Å². The third-order valence-corrected chi connectivity index (χ3v) is 6.07. The van der Waals surface area contributed by atoms with Crippen LogP contribution in [0.4, 0.5) is 5.82 Å². The highest BCUT2D eigenvalue weighted by Crippen LogP contribution is 2.34. The van der Waals surface area contributed by atoms with Crippen LogP contribution in [0.3, 0.4) is 0 Å². The van der Waals surface area contributed by atoms with Crippen LogP contribution in [-0.2, 0) is 6.54 Å². The molecule has 178 valence electrons. The highest BCUT2D eigenvalue weighted by atomic mass is 16.7. The van der Waals surface area contributed by atoms with Crippen molar-refractivity contribution < 1.29 is 19.0 Å². The van der Waals surface area contributed by atoms with Crippen LogP contribution in [0.25, 0.3) is 16.9 Å². The fourth-order valence-corrected chi connectivity index (χ4v) is 4.25. The first-order valence-electron chi connectivity index (χ1n) is 11.6. The number of nitrogens with zero attached hydrogens (tertiary/aromatic N) is 2. The van der Waals surface area contributed by atoms with E-state index in [0.29, 0.717) is 29.4 Å². The first-order valence-corrected chi connectivity index (χ1v) is 11.6. The van der Waals surface area contributed by atoms with Crippen molar-refractivity contribution in [1.82, 2.24) is 9.38 Å². The molecule has 1 N–H and O–H groups in total. The number of benzene rings is 3. The minimum atomic E-state index is -0.473. The summed E-state index contributed by atoms with van der Waals surface area (Å²) in [5, 5.41) is 3.56. The molecule has 3 heterocycles. The average molecular weight is 478 g/mol. The number of pyridine rings is 1. The van der Waals surface area contributed by atoms with Crippen LogP contribution in [0.2, 0.25) is 0 Å². The molecule has 0 radical (unpaired) electrons. The molecule has 0 atom stereocenters. The Hall–Kier alpha value is -4.78. The number of carbonyl (C=O) groups excluding carboxylic acids is 1. The molecule has 7 nitrogen and oxygen atoms in total. The number of hydrogen-bond acceptors (Lipinski definition) is 6. The van der Waals surface area contributed by atoms with Crippen LogP contribution in [0, 0.1) is 6.92 Å². The molecule has 6 rings (SSSR count). The van der Waals surface area contributed by atoms with Crippen molar-refractivity contribution in [2.24, 2.45) is 0 Å². The normalized spacial score (nSPS) is 12.0. The van der Waals surface area contributed by atoms with Gasteiger partial charge in [-0.1, -0.05) is 48.5 Å². The Morgan fingerprint density at radius 1 is 0.972 bits per heavy atom. The lowest BCUT2D eigenvalue weighted by molar-refractivity contribution is 0.0734. The lowest BCUT2D eigenvalue weighted by Gasteiger charge is -2.10. The fraction of sp³-hybridized carbons (Fsp3) is 0.103. The van der Waals surface area contributed by atoms with Crippen molar-refractivity contribution in [3.05, 3.63) is 108 Å². The molecule has 0 saturated heterocycles. The highest BCUT2D eigenvalue weighted by molar-refractivity contribution is 5.92. The van der Waals surface area contributed by atoms with Crippen LogP contribution in [0.1, 0.15) is 21.5 Å². The second-order valence-corrected chi connectivity index (χ2v) is 8.52. The Balaban J connectivity index is 1.32.